The SMILES string of the molecule is Cc1cnccc1-n1ccnc1.Cl.Cl. The molecular weight excluding hydrogens is 221 g/mol. The van der Waals surface area contributed by atoms with Crippen LogP contribution in [-0.4, -0.2) is 14.5 Å². The average Bonchev–Trinajstić information content (AvgIpc) is 2.57. The summed E-state index contributed by atoms with van der Waals surface area (Å²) in [7, 11) is 0. The minimum absolute atomic E-state index is 0. The summed E-state index contributed by atoms with van der Waals surface area (Å²) >= 11 is 0. The fourth-order valence-electron chi connectivity index (χ4n) is 1.16. The van der Waals surface area contributed by atoms with Crippen molar-refractivity contribution in [3.05, 3.63) is 42.7 Å². The van der Waals surface area contributed by atoms with E-state index in [1.54, 1.807) is 18.7 Å². The van der Waals surface area contributed by atoms with E-state index in [1.165, 1.54) is 0 Å². The van der Waals surface area contributed by atoms with Gasteiger partial charge in [0.2, 0.25) is 0 Å². The zero-order valence-corrected chi connectivity index (χ0v) is 9.26. The number of halogens is 2. The van der Waals surface area contributed by atoms with Gasteiger partial charge in [-0.15, -0.1) is 24.8 Å². The first kappa shape index (κ1) is 12.9. The van der Waals surface area contributed by atoms with Crippen molar-refractivity contribution < 1.29 is 0 Å². The Kier molecular flexibility index (Phi) is 5.20. The number of imidazole rings is 1. The summed E-state index contributed by atoms with van der Waals surface area (Å²) in [6, 6.07) is 1.97. The van der Waals surface area contributed by atoms with Crippen molar-refractivity contribution in [2.45, 2.75) is 6.92 Å². The van der Waals surface area contributed by atoms with Crippen LogP contribution in [0.25, 0.3) is 5.69 Å². The van der Waals surface area contributed by atoms with E-state index in [2.05, 4.69) is 9.97 Å². The molecule has 0 radical (unpaired) electrons. The van der Waals surface area contributed by atoms with E-state index in [0.29, 0.717) is 0 Å². The molecule has 0 atom stereocenters. The quantitative estimate of drug-likeness (QED) is 0.755. The Morgan fingerprint density at radius 1 is 1.14 bits per heavy atom. The van der Waals surface area contributed by atoms with Crippen LogP contribution in [0.4, 0.5) is 0 Å². The lowest BCUT2D eigenvalue weighted by molar-refractivity contribution is 1.03. The lowest BCUT2D eigenvalue weighted by atomic mass is 10.2. The minimum atomic E-state index is 0. The topological polar surface area (TPSA) is 30.7 Å². The number of pyridine rings is 1. The van der Waals surface area contributed by atoms with Gasteiger partial charge in [-0.3, -0.25) is 4.98 Å². The smallest absolute Gasteiger partial charge is 0.0991 e. The third-order valence-electron chi connectivity index (χ3n) is 1.77. The second-order valence-electron chi connectivity index (χ2n) is 2.63. The Balaban J connectivity index is 0.000000845. The lowest BCUT2D eigenvalue weighted by Crippen LogP contribution is -1.93. The molecule has 0 aliphatic carbocycles. The van der Waals surface area contributed by atoms with E-state index in [4.69, 9.17) is 0 Å². The van der Waals surface area contributed by atoms with Gasteiger partial charge in [-0.1, -0.05) is 0 Å². The van der Waals surface area contributed by atoms with Crippen LogP contribution in [0.5, 0.6) is 0 Å². The predicted octanol–water partition coefficient (Wildman–Crippen LogP) is 2.42. The van der Waals surface area contributed by atoms with Gasteiger partial charge in [-0.05, 0) is 18.6 Å². The summed E-state index contributed by atoms with van der Waals surface area (Å²) < 4.78 is 1.97. The number of hydrogen-bond donors (Lipinski definition) is 0. The molecule has 0 aliphatic heterocycles. The van der Waals surface area contributed by atoms with Gasteiger partial charge >= 0.3 is 0 Å². The van der Waals surface area contributed by atoms with Crippen molar-refractivity contribution in [2.24, 2.45) is 0 Å². The zero-order chi connectivity index (χ0) is 8.39. The Labute approximate surface area is 95.0 Å². The van der Waals surface area contributed by atoms with Crippen molar-refractivity contribution in [1.82, 2.24) is 14.5 Å². The molecule has 2 aromatic rings. The fourth-order valence-corrected chi connectivity index (χ4v) is 1.16. The highest BCUT2D eigenvalue weighted by Gasteiger charge is 1.97. The van der Waals surface area contributed by atoms with E-state index in [-0.39, 0.29) is 24.8 Å². The van der Waals surface area contributed by atoms with Crippen molar-refractivity contribution in [2.75, 3.05) is 0 Å². The maximum absolute atomic E-state index is 4.02. The first-order chi connectivity index (χ1) is 5.88. The van der Waals surface area contributed by atoms with Crippen LogP contribution in [0, 0.1) is 6.92 Å². The molecule has 2 aromatic heterocycles. The van der Waals surface area contributed by atoms with E-state index >= 15 is 0 Å². The number of nitrogens with zero attached hydrogens (tertiary/aromatic N) is 3. The number of hydrogen-bond acceptors (Lipinski definition) is 2. The van der Waals surface area contributed by atoms with Gasteiger partial charge in [-0.25, -0.2) is 4.98 Å². The molecule has 14 heavy (non-hydrogen) atoms. The standard InChI is InChI=1S/C9H9N3.2ClH/c1-8-6-10-3-2-9(8)12-5-4-11-7-12;;/h2-7H,1H3;2*1H. The summed E-state index contributed by atoms with van der Waals surface area (Å²) in [5, 5.41) is 0. The molecule has 0 unspecified atom stereocenters. The van der Waals surface area contributed by atoms with Crippen molar-refractivity contribution >= 4 is 24.8 Å². The zero-order valence-electron chi connectivity index (χ0n) is 7.62. The van der Waals surface area contributed by atoms with E-state index < -0.39 is 0 Å². The lowest BCUT2D eigenvalue weighted by Gasteiger charge is -2.03. The average molecular weight is 232 g/mol. The van der Waals surface area contributed by atoms with Gasteiger partial charge in [0.05, 0.1) is 12.0 Å². The summed E-state index contributed by atoms with van der Waals surface area (Å²) in [6.45, 7) is 2.03. The Bertz CT molecular complexity index is 373. The van der Waals surface area contributed by atoms with Crippen LogP contribution >= 0.6 is 24.8 Å². The van der Waals surface area contributed by atoms with Crippen molar-refractivity contribution in [3.8, 4) is 5.69 Å². The van der Waals surface area contributed by atoms with Crippen LogP contribution < -0.4 is 0 Å². The second kappa shape index (κ2) is 5.62. The normalized spacial score (nSPS) is 8.64. The molecule has 5 heteroatoms. The van der Waals surface area contributed by atoms with E-state index in [9.17, 15) is 0 Å². The first-order valence-electron chi connectivity index (χ1n) is 3.77. The van der Waals surface area contributed by atoms with Crippen LogP contribution in [0.1, 0.15) is 5.56 Å². The van der Waals surface area contributed by atoms with Crippen LogP contribution in [0.3, 0.4) is 0 Å². The molecule has 3 nitrogen and oxygen atoms in total. The highest BCUT2D eigenvalue weighted by molar-refractivity contribution is 5.85. The summed E-state index contributed by atoms with van der Waals surface area (Å²) in [5.41, 5.74) is 2.28. The molecule has 2 heterocycles. The monoisotopic (exact) mass is 231 g/mol. The van der Waals surface area contributed by atoms with Crippen LogP contribution in [-0.2, 0) is 0 Å². The molecule has 0 fully saturated rings. The predicted molar refractivity (Wildman–Crippen MR) is 60.6 cm³/mol. The first-order valence-corrected chi connectivity index (χ1v) is 3.77. The van der Waals surface area contributed by atoms with Crippen LogP contribution in [0.2, 0.25) is 0 Å². The summed E-state index contributed by atoms with van der Waals surface area (Å²) in [4.78, 5) is 8.00. The largest absolute Gasteiger partial charge is 0.306 e. The Hall–Kier alpha value is -1.06. The molecule has 2 rings (SSSR count). The Morgan fingerprint density at radius 2 is 1.93 bits per heavy atom. The molecule has 0 aliphatic rings. The van der Waals surface area contributed by atoms with Gasteiger partial charge in [0, 0.05) is 24.8 Å². The molecule has 0 amide bonds. The minimum Gasteiger partial charge on any atom is -0.306 e. The van der Waals surface area contributed by atoms with Crippen molar-refractivity contribution in [1.29, 1.82) is 0 Å². The summed E-state index contributed by atoms with van der Waals surface area (Å²) in [6.07, 6.45) is 9.09. The maximum atomic E-state index is 4.02. The maximum Gasteiger partial charge on any atom is 0.0991 e. The highest BCUT2D eigenvalue weighted by atomic mass is 35.5. The summed E-state index contributed by atoms with van der Waals surface area (Å²) in [5.74, 6) is 0. The molecule has 0 spiro atoms. The number of rotatable bonds is 1. The van der Waals surface area contributed by atoms with Gasteiger partial charge < -0.3 is 4.57 Å². The molecule has 76 valence electrons. The molecule has 0 bridgehead atoms. The van der Waals surface area contributed by atoms with Gasteiger partial charge in [0.25, 0.3) is 0 Å². The van der Waals surface area contributed by atoms with Gasteiger partial charge in [0.1, 0.15) is 0 Å². The number of aromatic nitrogens is 3. The van der Waals surface area contributed by atoms with Gasteiger partial charge in [-0.2, -0.15) is 0 Å². The highest BCUT2D eigenvalue weighted by Crippen LogP contribution is 2.10. The second-order valence-corrected chi connectivity index (χ2v) is 2.63. The molecular formula is C9H11Cl2N3. The molecule has 0 aromatic carbocycles. The fraction of sp³-hybridized carbons (Fsp3) is 0.111. The molecule has 0 saturated carbocycles. The van der Waals surface area contributed by atoms with Gasteiger partial charge in [0.15, 0.2) is 0 Å². The third kappa shape index (κ3) is 2.47. The van der Waals surface area contributed by atoms with Crippen molar-refractivity contribution in [3.63, 3.8) is 0 Å². The van der Waals surface area contributed by atoms with E-state index in [1.807, 2.05) is 30.0 Å². The molecule has 0 N–H and O–H groups in total. The number of aryl methyl sites for hydroxylation is 1. The van der Waals surface area contributed by atoms with E-state index in [0.717, 1.165) is 11.3 Å². The third-order valence-corrected chi connectivity index (χ3v) is 1.77. The molecule has 0 saturated heterocycles. The Morgan fingerprint density at radius 3 is 2.50 bits per heavy atom. The van der Waals surface area contributed by atoms with Crippen LogP contribution in [0.15, 0.2) is 37.2 Å².